The number of hydrogen-bond acceptors (Lipinski definition) is 4. The van der Waals surface area contributed by atoms with Crippen LogP contribution in [-0.4, -0.2) is 18.3 Å². The van der Waals surface area contributed by atoms with E-state index >= 15 is 0 Å². The van der Waals surface area contributed by atoms with Gasteiger partial charge in [0.05, 0.1) is 6.01 Å². The number of aliphatic imine (C=N–C) groups is 2. The van der Waals surface area contributed by atoms with Gasteiger partial charge in [0, 0.05) is 6.54 Å². The molecule has 0 aromatic heterocycles. The molecule has 0 saturated heterocycles. The Kier molecular flexibility index (Phi) is 7.57. The quantitative estimate of drug-likeness (QED) is 0.490. The first-order valence-corrected chi connectivity index (χ1v) is 3.33. The molecule has 0 bridgehead atoms. The van der Waals surface area contributed by atoms with Crippen molar-refractivity contribution in [1.29, 1.82) is 0 Å². The Labute approximate surface area is 73.2 Å². The van der Waals surface area contributed by atoms with Crippen molar-refractivity contribution in [2.45, 2.75) is 26.1 Å². The molecule has 4 nitrogen and oxygen atoms in total. The molecule has 0 fully saturated rings. The minimum Gasteiger partial charge on any atom is -0.294 e. The van der Waals surface area contributed by atoms with Crippen LogP contribution in [0.2, 0.25) is 0 Å². The molecule has 0 heterocycles. The molecule has 5 heteroatoms. The topological polar surface area (TPSA) is 76.8 Å². The average Bonchev–Trinajstić information content (AvgIpc) is 1.89. The second-order valence-corrected chi connectivity index (χ2v) is 2.03. The van der Waals surface area contributed by atoms with Gasteiger partial charge >= 0.3 is 0 Å². The highest BCUT2D eigenvalue weighted by molar-refractivity contribution is 5.85. The molecule has 0 aliphatic carbocycles. The van der Waals surface area contributed by atoms with E-state index in [1.54, 1.807) is 0 Å². The number of halogens is 1. The van der Waals surface area contributed by atoms with Gasteiger partial charge in [0.2, 0.25) is 0 Å². The summed E-state index contributed by atoms with van der Waals surface area (Å²) in [7, 11) is 0. The van der Waals surface area contributed by atoms with E-state index in [0.29, 0.717) is 13.0 Å². The molecule has 0 saturated carbocycles. The van der Waals surface area contributed by atoms with Crippen LogP contribution in [0.5, 0.6) is 0 Å². The average molecular weight is 179 g/mol. The van der Waals surface area contributed by atoms with Gasteiger partial charge in [0.1, 0.15) is 0 Å². The van der Waals surface area contributed by atoms with Gasteiger partial charge in [-0.05, 0) is 13.3 Å². The molecule has 0 rings (SSSR count). The molecule has 0 aliphatic heterocycles. The van der Waals surface area contributed by atoms with Crippen LogP contribution >= 0.6 is 12.4 Å². The monoisotopic (exact) mass is 178 g/mol. The molecular formula is C6H15ClN4. The first-order valence-electron chi connectivity index (χ1n) is 3.33. The summed E-state index contributed by atoms with van der Waals surface area (Å²) in [6.07, 6.45) is 0.583. The summed E-state index contributed by atoms with van der Waals surface area (Å²) in [6.45, 7) is 4.41. The number of rotatable bonds is 3. The van der Waals surface area contributed by atoms with E-state index in [4.69, 9.17) is 11.5 Å². The molecule has 66 valence electrons. The number of nitrogens with zero attached hydrogens (tertiary/aromatic N) is 2. The van der Waals surface area contributed by atoms with Crippen LogP contribution in [0, 0.1) is 0 Å². The van der Waals surface area contributed by atoms with Crippen LogP contribution in [0.25, 0.3) is 0 Å². The maximum Gasteiger partial charge on any atom is 0.169 e. The minimum absolute atomic E-state index is 0. The van der Waals surface area contributed by atoms with Gasteiger partial charge in [-0.2, -0.15) is 4.99 Å². The van der Waals surface area contributed by atoms with Gasteiger partial charge in [-0.25, -0.2) is 4.99 Å². The second-order valence-electron chi connectivity index (χ2n) is 2.03. The molecule has 0 aliphatic rings. The van der Waals surface area contributed by atoms with Gasteiger partial charge < -0.3 is 0 Å². The Morgan fingerprint density at radius 2 is 1.91 bits per heavy atom. The van der Waals surface area contributed by atoms with E-state index < -0.39 is 5.79 Å². The van der Waals surface area contributed by atoms with Crippen LogP contribution in [-0.2, 0) is 0 Å². The Hall–Kier alpha value is -0.410. The summed E-state index contributed by atoms with van der Waals surface area (Å²) in [5.41, 5.74) is 10.9. The van der Waals surface area contributed by atoms with Crippen molar-refractivity contribution in [2.24, 2.45) is 21.5 Å². The lowest BCUT2D eigenvalue weighted by Gasteiger charge is -2.13. The summed E-state index contributed by atoms with van der Waals surface area (Å²) in [6, 6.07) is 2.43. The lowest BCUT2D eigenvalue weighted by molar-refractivity contribution is 0.452. The summed E-state index contributed by atoms with van der Waals surface area (Å²) in [4.78, 5) is 7.43. The third kappa shape index (κ3) is 7.49. The van der Waals surface area contributed by atoms with E-state index in [2.05, 4.69) is 16.0 Å². The highest BCUT2D eigenvalue weighted by Crippen LogP contribution is 1.95. The molecule has 0 amide bonds. The molecule has 0 atom stereocenters. The van der Waals surface area contributed by atoms with Gasteiger partial charge in [0.25, 0.3) is 0 Å². The lowest BCUT2D eigenvalue weighted by Crippen LogP contribution is -2.46. The van der Waals surface area contributed by atoms with E-state index in [1.807, 2.05) is 13.8 Å². The zero-order valence-corrected chi connectivity index (χ0v) is 7.69. The van der Waals surface area contributed by atoms with E-state index in [9.17, 15) is 0 Å². The Morgan fingerprint density at radius 1 is 1.36 bits per heavy atom. The van der Waals surface area contributed by atoms with Crippen molar-refractivity contribution >= 4 is 18.4 Å². The highest BCUT2D eigenvalue weighted by atomic mass is 35.5. The molecule has 0 unspecified atom stereocenters. The smallest absolute Gasteiger partial charge is 0.169 e. The molecule has 0 spiro atoms. The van der Waals surface area contributed by atoms with E-state index in [-0.39, 0.29) is 12.4 Å². The predicted molar refractivity (Wildman–Crippen MR) is 49.0 cm³/mol. The largest absolute Gasteiger partial charge is 0.294 e. The predicted octanol–water partition coefficient (Wildman–Crippen LogP) is 0.583. The fraction of sp³-hybridized carbons (Fsp3) is 0.833. The second kappa shape index (κ2) is 6.31. The molecule has 0 aromatic rings. The number of hydrogen-bond donors (Lipinski definition) is 2. The SMILES string of the molecule is CCN=C=NC(N)(N)CC.Cl. The van der Waals surface area contributed by atoms with Crippen molar-refractivity contribution in [3.63, 3.8) is 0 Å². The third-order valence-electron chi connectivity index (χ3n) is 1.05. The highest BCUT2D eigenvalue weighted by Gasteiger charge is 2.11. The van der Waals surface area contributed by atoms with Crippen molar-refractivity contribution in [3.8, 4) is 0 Å². The van der Waals surface area contributed by atoms with Gasteiger partial charge in [0.15, 0.2) is 5.79 Å². The first-order chi connectivity index (χ1) is 4.62. The van der Waals surface area contributed by atoms with Crippen molar-refractivity contribution in [2.75, 3.05) is 6.54 Å². The maximum absolute atomic E-state index is 5.45. The van der Waals surface area contributed by atoms with E-state index in [1.165, 1.54) is 0 Å². The van der Waals surface area contributed by atoms with Crippen molar-refractivity contribution in [3.05, 3.63) is 0 Å². The van der Waals surface area contributed by atoms with Crippen LogP contribution in [0.3, 0.4) is 0 Å². The van der Waals surface area contributed by atoms with E-state index in [0.717, 1.165) is 0 Å². The Bertz CT molecular complexity index is 149. The summed E-state index contributed by atoms with van der Waals surface area (Å²) in [5.74, 6) is -0.987. The Morgan fingerprint density at radius 3 is 2.27 bits per heavy atom. The van der Waals surface area contributed by atoms with Crippen molar-refractivity contribution in [1.82, 2.24) is 0 Å². The third-order valence-corrected chi connectivity index (χ3v) is 1.05. The fourth-order valence-corrected chi connectivity index (χ4v) is 0.278. The normalized spacial score (nSPS) is 9.45. The van der Waals surface area contributed by atoms with Crippen LogP contribution in [0.15, 0.2) is 9.98 Å². The molecule has 11 heavy (non-hydrogen) atoms. The minimum atomic E-state index is -0.987. The van der Waals surface area contributed by atoms with Gasteiger partial charge in [-0.3, -0.25) is 11.5 Å². The van der Waals surface area contributed by atoms with Crippen molar-refractivity contribution < 1.29 is 0 Å². The van der Waals surface area contributed by atoms with Gasteiger partial charge in [-0.15, -0.1) is 12.4 Å². The number of nitrogens with two attached hydrogens (primary N) is 2. The molecule has 0 aromatic carbocycles. The van der Waals surface area contributed by atoms with Crippen LogP contribution in [0.4, 0.5) is 0 Å². The maximum atomic E-state index is 5.45. The van der Waals surface area contributed by atoms with Crippen LogP contribution in [0.1, 0.15) is 20.3 Å². The fourth-order valence-electron chi connectivity index (χ4n) is 0.278. The summed E-state index contributed by atoms with van der Waals surface area (Å²) >= 11 is 0. The molecule has 0 radical (unpaired) electrons. The zero-order valence-electron chi connectivity index (χ0n) is 6.87. The zero-order chi connectivity index (χ0) is 8.04. The summed E-state index contributed by atoms with van der Waals surface area (Å²) in [5, 5.41) is 0. The summed E-state index contributed by atoms with van der Waals surface area (Å²) < 4.78 is 0. The first kappa shape index (κ1) is 13.2. The van der Waals surface area contributed by atoms with Crippen LogP contribution < -0.4 is 11.5 Å². The van der Waals surface area contributed by atoms with Gasteiger partial charge in [-0.1, -0.05) is 6.92 Å². The Balaban J connectivity index is 0. The molecular weight excluding hydrogens is 164 g/mol. The lowest BCUT2D eigenvalue weighted by atomic mass is 10.3. The molecule has 4 N–H and O–H groups in total. The standard InChI is InChI=1S/C6H14N4.ClH/c1-3-6(7,8)10-5-9-4-2;/h3-4,7-8H2,1-2H3;1H.